The molecule has 0 spiro atoms. The zero-order valence-electron chi connectivity index (χ0n) is 25.3. The van der Waals surface area contributed by atoms with Crippen molar-refractivity contribution in [1.82, 2.24) is 20.2 Å². The Morgan fingerprint density at radius 2 is 1.98 bits per heavy atom. The number of esters is 1. The molecule has 0 aliphatic carbocycles. The zero-order chi connectivity index (χ0) is 29.9. The molecule has 222 valence electrons. The molecule has 1 saturated heterocycles. The maximum atomic E-state index is 12.7. The molecule has 0 bridgehead atoms. The van der Waals surface area contributed by atoms with Gasteiger partial charge >= 0.3 is 12.0 Å². The van der Waals surface area contributed by atoms with Gasteiger partial charge in [-0.2, -0.15) is 15.2 Å². The van der Waals surface area contributed by atoms with Crippen LogP contribution < -0.4 is 24.6 Å². The molecule has 0 saturated carbocycles. The Bertz CT molecular complexity index is 1480. The summed E-state index contributed by atoms with van der Waals surface area (Å²) in [6.07, 6.45) is 1.21. The summed E-state index contributed by atoms with van der Waals surface area (Å²) in [6.45, 7) is 10.5. The molecule has 1 aromatic heterocycles. The molecule has 3 aromatic rings. The third kappa shape index (κ3) is 6.75. The average Bonchev–Trinajstić information content (AvgIpc) is 2.95. The Hall–Kier alpha value is -3.94. The van der Waals surface area contributed by atoms with Gasteiger partial charge in [0, 0.05) is 61.5 Å². The summed E-state index contributed by atoms with van der Waals surface area (Å²) in [5, 5.41) is 14.8. The lowest BCUT2D eigenvalue weighted by atomic mass is 9.97. The lowest BCUT2D eigenvalue weighted by molar-refractivity contribution is -0.142. The molecule has 1 atom stereocenters. The number of nitriles is 1. The molecule has 10 heteroatoms. The first-order valence-electron chi connectivity index (χ1n) is 14.6. The molecule has 10 nitrogen and oxygen atoms in total. The van der Waals surface area contributed by atoms with E-state index in [0.29, 0.717) is 37.9 Å². The van der Waals surface area contributed by atoms with E-state index in [1.54, 1.807) is 0 Å². The van der Waals surface area contributed by atoms with Crippen LogP contribution in [0.15, 0.2) is 36.4 Å². The number of carbonyl (C=O) groups is 1. The second-order valence-corrected chi connectivity index (χ2v) is 12.3. The van der Waals surface area contributed by atoms with E-state index in [9.17, 15) is 10.1 Å². The van der Waals surface area contributed by atoms with Crippen LogP contribution >= 0.6 is 0 Å². The van der Waals surface area contributed by atoms with E-state index in [4.69, 9.17) is 19.4 Å². The second-order valence-electron chi connectivity index (χ2n) is 12.3. The second kappa shape index (κ2) is 12.5. The van der Waals surface area contributed by atoms with Crippen molar-refractivity contribution in [1.29, 1.82) is 5.26 Å². The number of nitrogens with zero attached hydrogens (tertiary/aromatic N) is 6. The number of hydrogen-bond donors (Lipinski definition) is 1. The van der Waals surface area contributed by atoms with Crippen LogP contribution in [0.2, 0.25) is 0 Å². The third-order valence-corrected chi connectivity index (χ3v) is 7.66. The topological polar surface area (TPSA) is 107 Å². The van der Waals surface area contributed by atoms with Crippen LogP contribution in [-0.2, 0) is 17.8 Å². The number of nitrogens with one attached hydrogen (secondary N) is 1. The molecule has 2 aliphatic heterocycles. The lowest BCUT2D eigenvalue weighted by Gasteiger charge is -2.37. The highest BCUT2D eigenvalue weighted by Crippen LogP contribution is 2.37. The van der Waals surface area contributed by atoms with E-state index in [1.165, 1.54) is 0 Å². The molecule has 2 aromatic carbocycles. The first-order valence-corrected chi connectivity index (χ1v) is 14.6. The van der Waals surface area contributed by atoms with Gasteiger partial charge in [0.25, 0.3) is 0 Å². The molecule has 0 amide bonds. The number of carbonyl (C=O) groups excluding carboxylic acids is 1. The van der Waals surface area contributed by atoms with Crippen LogP contribution in [0.25, 0.3) is 10.8 Å². The van der Waals surface area contributed by atoms with Crippen LogP contribution in [0.1, 0.15) is 38.4 Å². The maximum absolute atomic E-state index is 12.7. The molecule has 42 heavy (non-hydrogen) atoms. The summed E-state index contributed by atoms with van der Waals surface area (Å²) < 4.78 is 11.9. The number of benzene rings is 2. The van der Waals surface area contributed by atoms with Crippen LogP contribution in [-0.4, -0.2) is 80.3 Å². The van der Waals surface area contributed by atoms with Gasteiger partial charge in [-0.05, 0) is 52.7 Å². The van der Waals surface area contributed by atoms with Gasteiger partial charge in [-0.1, -0.05) is 24.3 Å². The van der Waals surface area contributed by atoms with Crippen molar-refractivity contribution < 1.29 is 14.3 Å². The fourth-order valence-corrected chi connectivity index (χ4v) is 5.35. The summed E-state index contributed by atoms with van der Waals surface area (Å²) >= 11 is 0. The summed E-state index contributed by atoms with van der Waals surface area (Å²) in [5.74, 6) is 1.17. The monoisotopic (exact) mass is 571 g/mol. The van der Waals surface area contributed by atoms with Crippen molar-refractivity contribution >= 4 is 28.2 Å². The summed E-state index contributed by atoms with van der Waals surface area (Å²) in [6, 6.07) is 14.8. The van der Waals surface area contributed by atoms with E-state index in [1.807, 2.05) is 65.2 Å². The van der Waals surface area contributed by atoms with E-state index in [2.05, 4.69) is 32.2 Å². The van der Waals surface area contributed by atoms with Gasteiger partial charge in [0.15, 0.2) is 0 Å². The van der Waals surface area contributed by atoms with Crippen molar-refractivity contribution in [2.24, 2.45) is 5.41 Å². The molecule has 2 aliphatic rings. The van der Waals surface area contributed by atoms with Gasteiger partial charge in [-0.3, -0.25) is 4.79 Å². The van der Waals surface area contributed by atoms with E-state index < -0.39 is 5.41 Å². The number of fused-ring (bicyclic) bond motifs is 2. The van der Waals surface area contributed by atoms with Crippen molar-refractivity contribution in [3.8, 4) is 17.8 Å². The fourth-order valence-electron chi connectivity index (χ4n) is 5.35. The first kappa shape index (κ1) is 29.5. The summed E-state index contributed by atoms with van der Waals surface area (Å²) in [7, 11) is 4.02. The van der Waals surface area contributed by atoms with Crippen LogP contribution in [0, 0.1) is 16.7 Å². The molecule has 0 radical (unpaired) electrons. The van der Waals surface area contributed by atoms with Gasteiger partial charge < -0.3 is 29.5 Å². The first-order chi connectivity index (χ1) is 20.1. The van der Waals surface area contributed by atoms with Gasteiger partial charge in [-0.25, -0.2) is 0 Å². The number of anilines is 2. The minimum absolute atomic E-state index is 0.0949. The number of ether oxygens (including phenoxy) is 2. The fraction of sp³-hybridized carbons (Fsp3) is 0.500. The smallest absolute Gasteiger partial charge is 0.318 e. The Morgan fingerprint density at radius 1 is 1.17 bits per heavy atom. The lowest BCUT2D eigenvalue weighted by Crippen LogP contribution is -2.51. The van der Waals surface area contributed by atoms with Crippen molar-refractivity contribution in [3.63, 3.8) is 0 Å². The molecular formula is C32H41N7O3. The highest BCUT2D eigenvalue weighted by molar-refractivity contribution is 5.96. The quantitative estimate of drug-likeness (QED) is 0.317. The van der Waals surface area contributed by atoms with E-state index in [0.717, 1.165) is 66.1 Å². The summed E-state index contributed by atoms with van der Waals surface area (Å²) in [4.78, 5) is 29.2. The van der Waals surface area contributed by atoms with Gasteiger partial charge in [0.05, 0.1) is 30.1 Å². The van der Waals surface area contributed by atoms with E-state index in [-0.39, 0.29) is 12.0 Å². The molecule has 1 N–H and O–H groups in total. The number of hydrogen-bond acceptors (Lipinski definition) is 10. The maximum Gasteiger partial charge on any atom is 0.318 e. The van der Waals surface area contributed by atoms with Crippen molar-refractivity contribution in [2.75, 3.05) is 63.2 Å². The summed E-state index contributed by atoms with van der Waals surface area (Å²) in [5.41, 5.74) is 2.45. The predicted molar refractivity (Wildman–Crippen MR) is 164 cm³/mol. The average molecular weight is 572 g/mol. The van der Waals surface area contributed by atoms with Crippen molar-refractivity contribution in [2.45, 2.75) is 46.2 Å². The molecule has 0 unspecified atom stereocenters. The highest BCUT2D eigenvalue weighted by atomic mass is 16.5. The largest absolute Gasteiger partial charge is 0.462 e. The number of likely N-dealkylation sites (N-methyl/N-ethyl adjacent to an activating group) is 1. The number of piperazine rings is 1. The van der Waals surface area contributed by atoms with Gasteiger partial charge in [0.1, 0.15) is 18.2 Å². The van der Waals surface area contributed by atoms with Crippen LogP contribution in [0.3, 0.4) is 0 Å². The van der Waals surface area contributed by atoms with Crippen LogP contribution in [0.4, 0.5) is 11.5 Å². The highest BCUT2D eigenvalue weighted by Gasteiger charge is 2.30. The third-order valence-electron chi connectivity index (χ3n) is 7.66. The minimum Gasteiger partial charge on any atom is -0.462 e. The molecule has 3 heterocycles. The minimum atomic E-state index is -0.609. The Labute approximate surface area is 248 Å². The zero-order valence-corrected chi connectivity index (χ0v) is 25.3. The van der Waals surface area contributed by atoms with Crippen molar-refractivity contribution in [3.05, 3.63) is 47.7 Å². The number of rotatable bonds is 8. The Balaban J connectivity index is 1.50. The number of aromatic nitrogens is 2. The van der Waals surface area contributed by atoms with Gasteiger partial charge in [0.2, 0.25) is 0 Å². The predicted octanol–water partition coefficient (Wildman–Crippen LogP) is 3.78. The van der Waals surface area contributed by atoms with Gasteiger partial charge in [-0.15, -0.1) is 0 Å². The molecular weight excluding hydrogens is 530 g/mol. The standard InChI is InChI=1S/C32H41N7O3/c1-32(2,3)30(40)42-24-18-22-8-6-7-9-25(22)28(19-24)38-14-11-26-27(21-38)35-31(41-17-16-37(4)5)36-29(26)39-15-13-34-23(20-39)10-12-33/h6-9,18-19,23,34H,10-11,13-17,20-21H2,1-5H3/t23-/m0/s1. The normalized spacial score (nSPS) is 17.2. The SMILES string of the molecule is CN(C)CCOc1nc2c(c(N3CCN[C@@H](CC#N)C3)n1)CCN(c1cc(OC(=O)C(C)(C)C)cc3ccccc13)C2. The Morgan fingerprint density at radius 3 is 2.74 bits per heavy atom. The molecule has 5 rings (SSSR count). The Kier molecular flexibility index (Phi) is 8.80. The van der Waals surface area contributed by atoms with E-state index >= 15 is 0 Å². The molecule has 1 fully saturated rings. The van der Waals surface area contributed by atoms with Crippen LogP contribution in [0.5, 0.6) is 11.8 Å².